The molecule has 3 rings (SSSR count). The lowest BCUT2D eigenvalue weighted by Crippen LogP contribution is -2.39. The molecule has 1 heterocycles. The highest BCUT2D eigenvalue weighted by Crippen LogP contribution is 2.40. The highest BCUT2D eigenvalue weighted by atomic mass is 16.5. The number of hydrogen-bond acceptors (Lipinski definition) is 4. The molecule has 1 aromatic carbocycles. The second-order valence-electron chi connectivity index (χ2n) is 6.47. The highest BCUT2D eigenvalue weighted by molar-refractivity contribution is 5.31. The van der Waals surface area contributed by atoms with Crippen molar-refractivity contribution in [1.82, 2.24) is 4.90 Å². The Morgan fingerprint density at radius 3 is 2.52 bits per heavy atom. The monoisotopic (exact) mass is 291 g/mol. The van der Waals surface area contributed by atoms with E-state index in [2.05, 4.69) is 4.90 Å². The minimum Gasteiger partial charge on any atom is -0.492 e. The van der Waals surface area contributed by atoms with Crippen LogP contribution in [0, 0.1) is 11.8 Å². The van der Waals surface area contributed by atoms with Gasteiger partial charge in [0, 0.05) is 25.6 Å². The van der Waals surface area contributed by atoms with Crippen LogP contribution >= 0.6 is 0 Å². The number of rotatable bonds is 6. The van der Waals surface area contributed by atoms with E-state index >= 15 is 0 Å². The molecule has 3 atom stereocenters. The van der Waals surface area contributed by atoms with Gasteiger partial charge in [-0.15, -0.1) is 0 Å². The van der Waals surface area contributed by atoms with Crippen LogP contribution in [-0.4, -0.2) is 48.5 Å². The van der Waals surface area contributed by atoms with Gasteiger partial charge < -0.3 is 14.6 Å². The van der Waals surface area contributed by atoms with Gasteiger partial charge in [-0.2, -0.15) is 0 Å². The first-order valence-electron chi connectivity index (χ1n) is 7.92. The summed E-state index contributed by atoms with van der Waals surface area (Å²) >= 11 is 0. The molecule has 0 spiro atoms. The van der Waals surface area contributed by atoms with Gasteiger partial charge in [-0.3, -0.25) is 4.90 Å². The zero-order valence-corrected chi connectivity index (χ0v) is 12.9. The van der Waals surface area contributed by atoms with Crippen LogP contribution in [0.2, 0.25) is 0 Å². The SMILES string of the molecule is CC(C)Oc1ccc(OCCN2C[C@H]3C[C@@H](O)[C@H]3C2)cc1. The molecular formula is C17H25NO3. The molecule has 4 heteroatoms. The van der Waals surface area contributed by atoms with Crippen LogP contribution in [0.15, 0.2) is 24.3 Å². The molecule has 0 unspecified atom stereocenters. The first-order chi connectivity index (χ1) is 10.1. The van der Waals surface area contributed by atoms with E-state index in [0.29, 0.717) is 18.4 Å². The van der Waals surface area contributed by atoms with E-state index in [-0.39, 0.29) is 12.2 Å². The summed E-state index contributed by atoms with van der Waals surface area (Å²) in [6.07, 6.45) is 1.12. The van der Waals surface area contributed by atoms with E-state index in [9.17, 15) is 5.11 Å². The van der Waals surface area contributed by atoms with Gasteiger partial charge in [-0.1, -0.05) is 0 Å². The predicted octanol–water partition coefficient (Wildman–Crippen LogP) is 2.17. The molecule has 1 saturated heterocycles. The van der Waals surface area contributed by atoms with Crippen LogP contribution in [-0.2, 0) is 0 Å². The van der Waals surface area contributed by atoms with Crippen LogP contribution in [0.25, 0.3) is 0 Å². The van der Waals surface area contributed by atoms with Crippen molar-refractivity contribution in [2.45, 2.75) is 32.5 Å². The summed E-state index contributed by atoms with van der Waals surface area (Å²) in [5, 5.41) is 9.66. The van der Waals surface area contributed by atoms with Gasteiger partial charge in [0.25, 0.3) is 0 Å². The molecule has 2 fully saturated rings. The van der Waals surface area contributed by atoms with Crippen molar-refractivity contribution in [3.8, 4) is 11.5 Å². The van der Waals surface area contributed by atoms with Gasteiger partial charge in [0.1, 0.15) is 18.1 Å². The summed E-state index contributed by atoms with van der Waals surface area (Å²) in [4.78, 5) is 2.40. The van der Waals surface area contributed by atoms with Gasteiger partial charge in [0.15, 0.2) is 0 Å². The van der Waals surface area contributed by atoms with E-state index in [1.165, 1.54) is 0 Å². The fraction of sp³-hybridized carbons (Fsp3) is 0.647. The molecule has 4 nitrogen and oxygen atoms in total. The third-order valence-electron chi connectivity index (χ3n) is 4.48. The Labute approximate surface area is 126 Å². The Morgan fingerprint density at radius 2 is 1.90 bits per heavy atom. The molecule has 0 bridgehead atoms. The normalized spacial score (nSPS) is 28.3. The first kappa shape index (κ1) is 14.7. The molecule has 1 N–H and O–H groups in total. The van der Waals surface area contributed by atoms with Crippen molar-refractivity contribution < 1.29 is 14.6 Å². The standard InChI is InChI=1S/C17H25NO3/c1-12(2)21-15-5-3-14(4-6-15)20-8-7-18-10-13-9-17(19)16(13)11-18/h3-6,12-13,16-17,19H,7-11H2,1-2H3/t13-,16+,17-/m1/s1. The third-order valence-corrected chi connectivity index (χ3v) is 4.48. The molecule has 2 aliphatic rings. The van der Waals surface area contributed by atoms with Crippen molar-refractivity contribution in [2.75, 3.05) is 26.2 Å². The van der Waals surface area contributed by atoms with E-state index in [4.69, 9.17) is 9.47 Å². The van der Waals surface area contributed by atoms with Crippen LogP contribution in [0.3, 0.4) is 0 Å². The van der Waals surface area contributed by atoms with Gasteiger partial charge in [-0.25, -0.2) is 0 Å². The second kappa shape index (κ2) is 6.24. The lowest BCUT2D eigenvalue weighted by atomic mass is 9.74. The van der Waals surface area contributed by atoms with Crippen molar-refractivity contribution in [2.24, 2.45) is 11.8 Å². The summed E-state index contributed by atoms with van der Waals surface area (Å²) < 4.78 is 11.4. The molecule has 1 aliphatic carbocycles. The molecule has 0 aromatic heterocycles. The third kappa shape index (κ3) is 3.50. The highest BCUT2D eigenvalue weighted by Gasteiger charge is 2.45. The number of benzene rings is 1. The first-order valence-corrected chi connectivity index (χ1v) is 7.92. The summed E-state index contributed by atoms with van der Waals surface area (Å²) in [7, 11) is 0. The minimum atomic E-state index is -0.0607. The average molecular weight is 291 g/mol. The van der Waals surface area contributed by atoms with Gasteiger partial charge in [0.2, 0.25) is 0 Å². The van der Waals surface area contributed by atoms with E-state index in [0.717, 1.165) is 37.6 Å². The molecule has 21 heavy (non-hydrogen) atoms. The topological polar surface area (TPSA) is 41.9 Å². The fourth-order valence-electron chi connectivity index (χ4n) is 3.32. The number of nitrogens with zero attached hydrogens (tertiary/aromatic N) is 1. The van der Waals surface area contributed by atoms with E-state index < -0.39 is 0 Å². The maximum absolute atomic E-state index is 9.66. The van der Waals surface area contributed by atoms with E-state index in [1.807, 2.05) is 38.1 Å². The van der Waals surface area contributed by atoms with Crippen LogP contribution in [0.1, 0.15) is 20.3 Å². The quantitative estimate of drug-likeness (QED) is 0.872. The number of likely N-dealkylation sites (tertiary alicyclic amines) is 1. The van der Waals surface area contributed by atoms with Crippen molar-refractivity contribution in [3.63, 3.8) is 0 Å². The van der Waals surface area contributed by atoms with Crippen LogP contribution in [0.5, 0.6) is 11.5 Å². The van der Waals surface area contributed by atoms with Crippen molar-refractivity contribution in [1.29, 1.82) is 0 Å². The van der Waals surface area contributed by atoms with Gasteiger partial charge in [-0.05, 0) is 50.5 Å². The molecule has 0 amide bonds. The Bertz CT molecular complexity index is 460. The largest absolute Gasteiger partial charge is 0.492 e. The maximum Gasteiger partial charge on any atom is 0.119 e. The number of fused-ring (bicyclic) bond motifs is 1. The maximum atomic E-state index is 9.66. The van der Waals surface area contributed by atoms with Gasteiger partial charge >= 0.3 is 0 Å². The van der Waals surface area contributed by atoms with E-state index in [1.54, 1.807) is 0 Å². The fourth-order valence-corrected chi connectivity index (χ4v) is 3.32. The molecule has 1 aliphatic heterocycles. The zero-order valence-electron chi connectivity index (χ0n) is 12.9. The number of aliphatic hydroxyl groups is 1. The lowest BCUT2D eigenvalue weighted by molar-refractivity contribution is -0.00435. The summed E-state index contributed by atoms with van der Waals surface area (Å²) in [6, 6.07) is 7.80. The van der Waals surface area contributed by atoms with Crippen molar-refractivity contribution >= 4 is 0 Å². The van der Waals surface area contributed by atoms with Gasteiger partial charge in [0.05, 0.1) is 12.2 Å². The molecule has 116 valence electrons. The predicted molar refractivity (Wildman–Crippen MR) is 81.7 cm³/mol. The summed E-state index contributed by atoms with van der Waals surface area (Å²) in [5.74, 6) is 2.99. The number of aliphatic hydroxyl groups excluding tert-OH is 1. The summed E-state index contributed by atoms with van der Waals surface area (Å²) in [6.45, 7) is 7.81. The molecule has 0 radical (unpaired) electrons. The Hall–Kier alpha value is -1.26. The Kier molecular flexibility index (Phi) is 4.36. The summed E-state index contributed by atoms with van der Waals surface area (Å²) in [5.41, 5.74) is 0. The number of ether oxygens (including phenoxy) is 2. The smallest absolute Gasteiger partial charge is 0.119 e. The zero-order chi connectivity index (χ0) is 14.8. The van der Waals surface area contributed by atoms with Crippen LogP contribution < -0.4 is 9.47 Å². The Morgan fingerprint density at radius 1 is 1.19 bits per heavy atom. The lowest BCUT2D eigenvalue weighted by Gasteiger charge is -2.35. The second-order valence-corrected chi connectivity index (χ2v) is 6.47. The Balaban J connectivity index is 1.39. The number of hydrogen-bond donors (Lipinski definition) is 1. The average Bonchev–Trinajstić information content (AvgIpc) is 2.77. The minimum absolute atomic E-state index is 0.0607. The molecule has 1 aromatic rings. The molecular weight excluding hydrogens is 266 g/mol. The molecule has 1 saturated carbocycles. The van der Waals surface area contributed by atoms with Crippen LogP contribution in [0.4, 0.5) is 0 Å². The van der Waals surface area contributed by atoms with Crippen molar-refractivity contribution in [3.05, 3.63) is 24.3 Å².